The summed E-state index contributed by atoms with van der Waals surface area (Å²) < 4.78 is 0. The Morgan fingerprint density at radius 3 is 2.58 bits per heavy atom. The lowest BCUT2D eigenvalue weighted by Crippen LogP contribution is -2.44. The molecule has 1 saturated heterocycles. The van der Waals surface area contributed by atoms with Crippen molar-refractivity contribution < 1.29 is 0 Å². The lowest BCUT2D eigenvalue weighted by molar-refractivity contribution is 0.585. The Kier molecular flexibility index (Phi) is 3.29. The van der Waals surface area contributed by atoms with E-state index in [2.05, 4.69) is 32.3 Å². The first-order valence-corrected chi connectivity index (χ1v) is 6.48. The molecular weight excluding hydrogens is 238 g/mol. The zero-order valence-electron chi connectivity index (χ0n) is 10.7. The van der Waals surface area contributed by atoms with Crippen LogP contribution in [0.2, 0.25) is 0 Å². The van der Waals surface area contributed by atoms with Gasteiger partial charge in [-0.25, -0.2) is 4.98 Å². The van der Waals surface area contributed by atoms with E-state index in [1.807, 2.05) is 24.4 Å². The van der Waals surface area contributed by atoms with E-state index in [9.17, 15) is 0 Å². The molecule has 19 heavy (non-hydrogen) atoms. The molecule has 0 radical (unpaired) electrons. The summed E-state index contributed by atoms with van der Waals surface area (Å²) in [5.74, 6) is 1.26. The van der Waals surface area contributed by atoms with Gasteiger partial charge in [0.05, 0.1) is 0 Å². The van der Waals surface area contributed by atoms with Gasteiger partial charge in [-0.05, 0) is 5.56 Å². The van der Waals surface area contributed by atoms with Crippen LogP contribution in [0.1, 0.15) is 0 Å². The third-order valence-electron chi connectivity index (χ3n) is 3.29. The molecule has 1 aromatic carbocycles. The van der Waals surface area contributed by atoms with Gasteiger partial charge in [-0.15, -0.1) is 0 Å². The normalized spacial score (nSPS) is 15.5. The predicted molar refractivity (Wildman–Crippen MR) is 77.0 cm³/mol. The number of hydrogen-bond acceptors (Lipinski definition) is 5. The highest BCUT2D eigenvalue weighted by Gasteiger charge is 2.17. The van der Waals surface area contributed by atoms with Crippen molar-refractivity contribution in [1.29, 1.82) is 0 Å². The number of nitrogens with one attached hydrogen (secondary N) is 1. The van der Waals surface area contributed by atoms with E-state index in [0.29, 0.717) is 5.95 Å². The van der Waals surface area contributed by atoms with Gasteiger partial charge in [-0.3, -0.25) is 0 Å². The SMILES string of the molecule is Nc1ncc(-c2ccccc2)c(N2CCNCC2)n1. The van der Waals surface area contributed by atoms with Gasteiger partial charge in [0.25, 0.3) is 0 Å². The minimum absolute atomic E-state index is 0.327. The van der Waals surface area contributed by atoms with Crippen molar-refractivity contribution in [2.75, 3.05) is 36.8 Å². The summed E-state index contributed by atoms with van der Waals surface area (Å²) in [4.78, 5) is 10.8. The minimum Gasteiger partial charge on any atom is -0.368 e. The molecule has 5 heteroatoms. The molecule has 3 rings (SSSR count). The Balaban J connectivity index is 2.04. The van der Waals surface area contributed by atoms with Gasteiger partial charge >= 0.3 is 0 Å². The zero-order chi connectivity index (χ0) is 13.1. The van der Waals surface area contributed by atoms with Crippen LogP contribution in [0.4, 0.5) is 11.8 Å². The Morgan fingerprint density at radius 1 is 1.11 bits per heavy atom. The van der Waals surface area contributed by atoms with E-state index in [-0.39, 0.29) is 0 Å². The fourth-order valence-corrected chi connectivity index (χ4v) is 2.33. The number of aromatic nitrogens is 2. The van der Waals surface area contributed by atoms with Gasteiger partial charge < -0.3 is 16.0 Å². The summed E-state index contributed by atoms with van der Waals surface area (Å²) in [6, 6.07) is 10.2. The lowest BCUT2D eigenvalue weighted by atomic mass is 10.1. The van der Waals surface area contributed by atoms with Crippen molar-refractivity contribution in [1.82, 2.24) is 15.3 Å². The first kappa shape index (κ1) is 11.9. The van der Waals surface area contributed by atoms with Crippen molar-refractivity contribution in [3.8, 4) is 11.1 Å². The maximum atomic E-state index is 5.75. The Bertz CT molecular complexity index is 549. The zero-order valence-corrected chi connectivity index (χ0v) is 10.7. The highest BCUT2D eigenvalue weighted by atomic mass is 15.2. The number of nitrogen functional groups attached to an aromatic ring is 1. The van der Waals surface area contributed by atoms with Crippen LogP contribution in [0, 0.1) is 0 Å². The number of piperazine rings is 1. The molecule has 1 fully saturated rings. The summed E-state index contributed by atoms with van der Waals surface area (Å²) in [6.45, 7) is 3.82. The Labute approximate surface area is 112 Å². The van der Waals surface area contributed by atoms with Crippen LogP contribution < -0.4 is 16.0 Å². The molecule has 1 aromatic heterocycles. The molecule has 1 aliphatic rings. The molecule has 0 spiro atoms. The van der Waals surface area contributed by atoms with E-state index >= 15 is 0 Å². The molecule has 3 N–H and O–H groups in total. The first-order chi connectivity index (χ1) is 9.34. The second-order valence-corrected chi connectivity index (χ2v) is 4.57. The van der Waals surface area contributed by atoms with Gasteiger partial charge in [0.15, 0.2) is 0 Å². The van der Waals surface area contributed by atoms with Crippen LogP contribution in [0.15, 0.2) is 36.5 Å². The summed E-state index contributed by atoms with van der Waals surface area (Å²) in [7, 11) is 0. The van der Waals surface area contributed by atoms with Gasteiger partial charge in [-0.1, -0.05) is 30.3 Å². The number of hydrogen-bond donors (Lipinski definition) is 2. The van der Waals surface area contributed by atoms with Gasteiger partial charge in [-0.2, -0.15) is 4.98 Å². The fourth-order valence-electron chi connectivity index (χ4n) is 2.33. The molecule has 1 aliphatic heterocycles. The van der Waals surface area contributed by atoms with Gasteiger partial charge in [0, 0.05) is 37.9 Å². The third kappa shape index (κ3) is 2.51. The van der Waals surface area contributed by atoms with Crippen LogP contribution in [-0.2, 0) is 0 Å². The number of nitrogens with two attached hydrogens (primary N) is 1. The molecule has 2 aromatic rings. The first-order valence-electron chi connectivity index (χ1n) is 6.48. The van der Waals surface area contributed by atoms with E-state index in [1.54, 1.807) is 0 Å². The lowest BCUT2D eigenvalue weighted by Gasteiger charge is -2.30. The number of nitrogens with zero attached hydrogens (tertiary/aromatic N) is 3. The molecular formula is C14H17N5. The molecule has 5 nitrogen and oxygen atoms in total. The summed E-state index contributed by atoms with van der Waals surface area (Å²) in [5.41, 5.74) is 7.91. The van der Waals surface area contributed by atoms with E-state index in [1.165, 1.54) is 0 Å². The van der Waals surface area contributed by atoms with Crippen molar-refractivity contribution in [2.24, 2.45) is 0 Å². The van der Waals surface area contributed by atoms with Crippen molar-refractivity contribution >= 4 is 11.8 Å². The van der Waals surface area contributed by atoms with E-state index < -0.39 is 0 Å². The maximum absolute atomic E-state index is 5.75. The fraction of sp³-hybridized carbons (Fsp3) is 0.286. The molecule has 2 heterocycles. The van der Waals surface area contributed by atoms with Crippen molar-refractivity contribution in [2.45, 2.75) is 0 Å². The predicted octanol–water partition coefficient (Wildman–Crippen LogP) is 1.14. The third-order valence-corrected chi connectivity index (χ3v) is 3.29. The number of anilines is 2. The highest BCUT2D eigenvalue weighted by molar-refractivity contribution is 5.75. The molecule has 0 saturated carbocycles. The molecule has 0 aliphatic carbocycles. The highest BCUT2D eigenvalue weighted by Crippen LogP contribution is 2.28. The van der Waals surface area contributed by atoms with Crippen LogP contribution in [0.5, 0.6) is 0 Å². The second-order valence-electron chi connectivity index (χ2n) is 4.57. The summed E-state index contributed by atoms with van der Waals surface area (Å²) in [5, 5.41) is 3.34. The molecule has 0 atom stereocenters. The van der Waals surface area contributed by atoms with Crippen LogP contribution in [0.3, 0.4) is 0 Å². The van der Waals surface area contributed by atoms with Crippen molar-refractivity contribution in [3.05, 3.63) is 36.5 Å². The van der Waals surface area contributed by atoms with E-state index in [0.717, 1.165) is 43.1 Å². The Hall–Kier alpha value is -2.14. The van der Waals surface area contributed by atoms with Crippen LogP contribution in [0.25, 0.3) is 11.1 Å². The number of benzene rings is 1. The van der Waals surface area contributed by atoms with Crippen molar-refractivity contribution in [3.63, 3.8) is 0 Å². The average Bonchev–Trinajstić information content (AvgIpc) is 2.49. The topological polar surface area (TPSA) is 67.1 Å². The van der Waals surface area contributed by atoms with Gasteiger partial charge in [0.1, 0.15) is 5.82 Å². The maximum Gasteiger partial charge on any atom is 0.221 e. The quantitative estimate of drug-likeness (QED) is 0.842. The largest absolute Gasteiger partial charge is 0.368 e. The minimum atomic E-state index is 0.327. The molecule has 98 valence electrons. The second kappa shape index (κ2) is 5.24. The Morgan fingerprint density at radius 2 is 1.84 bits per heavy atom. The van der Waals surface area contributed by atoms with Gasteiger partial charge in [0.2, 0.25) is 5.95 Å². The summed E-state index contributed by atoms with van der Waals surface area (Å²) in [6.07, 6.45) is 1.81. The van der Waals surface area contributed by atoms with E-state index in [4.69, 9.17) is 5.73 Å². The van der Waals surface area contributed by atoms with Crippen LogP contribution in [-0.4, -0.2) is 36.1 Å². The summed E-state index contributed by atoms with van der Waals surface area (Å²) >= 11 is 0. The standard InChI is InChI=1S/C14H17N5/c15-14-17-10-12(11-4-2-1-3-5-11)13(18-14)19-8-6-16-7-9-19/h1-5,10,16H,6-9H2,(H2,15,17,18). The monoisotopic (exact) mass is 255 g/mol. The molecule has 0 unspecified atom stereocenters. The number of rotatable bonds is 2. The average molecular weight is 255 g/mol. The molecule has 0 bridgehead atoms. The van der Waals surface area contributed by atoms with Crippen LogP contribution >= 0.6 is 0 Å². The molecule has 0 amide bonds. The smallest absolute Gasteiger partial charge is 0.221 e.